The van der Waals surface area contributed by atoms with Gasteiger partial charge in [0.1, 0.15) is 12.2 Å². The van der Waals surface area contributed by atoms with Gasteiger partial charge in [-0.15, -0.1) is 0 Å². The Hall–Kier alpha value is -1.71. The van der Waals surface area contributed by atoms with Crippen molar-refractivity contribution < 1.29 is 19.3 Å². The van der Waals surface area contributed by atoms with Crippen LogP contribution in [0.4, 0.5) is 10.2 Å². The first-order valence-electron chi connectivity index (χ1n) is 5.64. The number of nitrogens with one attached hydrogen (secondary N) is 2. The number of alkyl halides is 1. The first kappa shape index (κ1) is 13.7. The molecule has 2 heterocycles. The second-order valence-corrected chi connectivity index (χ2v) is 4.55. The number of aromatic nitrogens is 2. The van der Waals surface area contributed by atoms with Crippen LogP contribution in [-0.4, -0.2) is 50.2 Å². The van der Waals surface area contributed by atoms with Gasteiger partial charge in [-0.2, -0.15) is 0 Å². The summed E-state index contributed by atoms with van der Waals surface area (Å²) in [5.74, 6) is -0.0392. The highest BCUT2D eigenvalue weighted by Crippen LogP contribution is 2.41. The Kier molecular flexibility index (Phi) is 3.43. The predicted molar refractivity (Wildman–Crippen MR) is 64.3 cm³/mol. The molecule has 2 rings (SSSR count). The van der Waals surface area contributed by atoms with E-state index in [9.17, 15) is 9.50 Å². The molecule has 0 bridgehead atoms. The second-order valence-electron chi connectivity index (χ2n) is 4.55. The van der Waals surface area contributed by atoms with E-state index in [1.54, 1.807) is 0 Å². The van der Waals surface area contributed by atoms with Gasteiger partial charge >= 0.3 is 0 Å². The van der Waals surface area contributed by atoms with Crippen molar-refractivity contribution in [1.82, 2.24) is 9.55 Å². The summed E-state index contributed by atoms with van der Waals surface area (Å²) in [6.45, 7) is 0.709. The minimum Gasteiger partial charge on any atom is -0.394 e. The number of hydrogen-bond donors (Lipinski definition) is 5. The summed E-state index contributed by atoms with van der Waals surface area (Å²) in [7, 11) is 0. The number of guanidine groups is 1. The number of aliphatic hydroxyl groups excluding tert-OH is 2. The van der Waals surface area contributed by atoms with Crippen molar-refractivity contribution in [3.63, 3.8) is 0 Å². The lowest BCUT2D eigenvalue weighted by Gasteiger charge is -2.24. The highest BCUT2D eigenvalue weighted by atomic mass is 19.1. The monoisotopic (exact) mass is 273 g/mol. The molecule has 0 amide bonds. The highest BCUT2D eigenvalue weighted by Gasteiger charge is 2.54. The summed E-state index contributed by atoms with van der Waals surface area (Å²) in [5, 5.41) is 28.3. The van der Waals surface area contributed by atoms with Crippen molar-refractivity contribution in [1.29, 1.82) is 5.41 Å². The molecule has 1 aromatic heterocycles. The molecule has 9 heteroatoms. The van der Waals surface area contributed by atoms with E-state index in [2.05, 4.69) is 10.3 Å². The van der Waals surface area contributed by atoms with Gasteiger partial charge in [-0.25, -0.2) is 9.37 Å². The topological polar surface area (TPSA) is 129 Å². The molecule has 0 radical (unpaired) electrons. The van der Waals surface area contributed by atoms with Gasteiger partial charge in [-0.3, -0.25) is 5.41 Å². The van der Waals surface area contributed by atoms with Crippen LogP contribution in [-0.2, 0) is 4.74 Å². The van der Waals surface area contributed by atoms with Gasteiger partial charge in [-0.05, 0) is 6.92 Å². The molecular formula is C10H16FN5O3. The molecule has 1 aliphatic heterocycles. The molecule has 6 N–H and O–H groups in total. The van der Waals surface area contributed by atoms with E-state index in [1.165, 1.54) is 24.0 Å². The van der Waals surface area contributed by atoms with Crippen LogP contribution in [0.3, 0.4) is 0 Å². The van der Waals surface area contributed by atoms with Gasteiger partial charge < -0.3 is 30.6 Å². The molecule has 0 aromatic carbocycles. The van der Waals surface area contributed by atoms with E-state index in [1.807, 2.05) is 0 Å². The fourth-order valence-corrected chi connectivity index (χ4v) is 2.05. The van der Waals surface area contributed by atoms with E-state index in [4.69, 9.17) is 21.0 Å². The number of anilines is 1. The number of hydrogen-bond acceptors (Lipinski definition) is 5. The summed E-state index contributed by atoms with van der Waals surface area (Å²) >= 11 is 0. The molecule has 1 saturated heterocycles. The third-order valence-electron chi connectivity index (χ3n) is 3.03. The SMILES string of the molecule is C[C@@]1(F)[C@H](O)[C@@H](CO)O[C@H]1n1cnc(NC(=N)N)c1. The van der Waals surface area contributed by atoms with E-state index < -0.39 is 30.7 Å². The quantitative estimate of drug-likeness (QED) is 0.361. The van der Waals surface area contributed by atoms with Crippen molar-refractivity contribution in [2.75, 3.05) is 11.9 Å². The van der Waals surface area contributed by atoms with Crippen molar-refractivity contribution in [3.05, 3.63) is 12.5 Å². The predicted octanol–water partition coefficient (Wildman–Crippen LogP) is -0.833. The molecular weight excluding hydrogens is 257 g/mol. The maximum atomic E-state index is 14.4. The molecule has 1 aromatic rings. The van der Waals surface area contributed by atoms with E-state index in [0.717, 1.165) is 0 Å². The number of nitrogens with zero attached hydrogens (tertiary/aromatic N) is 2. The molecule has 0 saturated carbocycles. The first-order valence-corrected chi connectivity index (χ1v) is 5.64. The standard InChI is InChI=1S/C10H16FN5O3/c1-10(11)7(18)5(3-17)19-8(10)16-2-6(14-4-16)15-9(12)13/h2,4-5,7-8,17-18H,3H2,1H3,(H4,12,13,15)/t5-,7-,8-,10-/m1/s1. The summed E-state index contributed by atoms with van der Waals surface area (Å²) in [6, 6.07) is 0. The maximum absolute atomic E-state index is 14.4. The Morgan fingerprint density at radius 3 is 3.00 bits per heavy atom. The van der Waals surface area contributed by atoms with Gasteiger partial charge in [0.25, 0.3) is 0 Å². The maximum Gasteiger partial charge on any atom is 0.191 e. The van der Waals surface area contributed by atoms with Crippen LogP contribution < -0.4 is 11.1 Å². The molecule has 1 fully saturated rings. The second kappa shape index (κ2) is 4.76. The number of halogens is 1. The molecule has 8 nitrogen and oxygen atoms in total. The Labute approximate surface area is 108 Å². The van der Waals surface area contributed by atoms with Crippen LogP contribution in [0.5, 0.6) is 0 Å². The number of aliphatic hydroxyl groups is 2. The smallest absolute Gasteiger partial charge is 0.191 e. The summed E-state index contributed by atoms with van der Waals surface area (Å²) in [4.78, 5) is 3.88. The number of nitrogens with two attached hydrogens (primary N) is 1. The number of ether oxygens (including phenoxy) is 1. The Balaban J connectivity index is 2.22. The van der Waals surface area contributed by atoms with Crippen molar-refractivity contribution in [3.8, 4) is 0 Å². The lowest BCUT2D eigenvalue weighted by atomic mass is 9.99. The van der Waals surface area contributed by atoms with Crippen LogP contribution in [0.15, 0.2) is 12.5 Å². The Morgan fingerprint density at radius 2 is 2.47 bits per heavy atom. The Morgan fingerprint density at radius 1 is 1.79 bits per heavy atom. The molecule has 1 aliphatic rings. The lowest BCUT2D eigenvalue weighted by Crippen LogP contribution is -2.40. The molecule has 0 spiro atoms. The highest BCUT2D eigenvalue weighted by molar-refractivity contribution is 5.88. The lowest BCUT2D eigenvalue weighted by molar-refractivity contribution is -0.0586. The van der Waals surface area contributed by atoms with Crippen LogP contribution in [0.2, 0.25) is 0 Å². The number of rotatable bonds is 3. The minimum atomic E-state index is -2.07. The largest absolute Gasteiger partial charge is 0.394 e. The van der Waals surface area contributed by atoms with Gasteiger partial charge in [0.05, 0.1) is 19.1 Å². The van der Waals surface area contributed by atoms with Crippen LogP contribution in [0.1, 0.15) is 13.2 Å². The zero-order chi connectivity index (χ0) is 14.2. The molecule has 0 aliphatic carbocycles. The van der Waals surface area contributed by atoms with Crippen molar-refractivity contribution >= 4 is 11.8 Å². The normalized spacial score (nSPS) is 34.4. The van der Waals surface area contributed by atoms with E-state index in [0.29, 0.717) is 0 Å². The van der Waals surface area contributed by atoms with Crippen molar-refractivity contribution in [2.45, 2.75) is 31.0 Å². The average molecular weight is 273 g/mol. The third kappa shape index (κ3) is 2.39. The summed E-state index contributed by atoms with van der Waals surface area (Å²) in [5.41, 5.74) is 3.08. The molecule has 19 heavy (non-hydrogen) atoms. The van der Waals surface area contributed by atoms with E-state index in [-0.39, 0.29) is 11.8 Å². The first-order chi connectivity index (χ1) is 8.86. The fraction of sp³-hybridized carbons (Fsp3) is 0.600. The third-order valence-corrected chi connectivity index (χ3v) is 3.03. The Bertz CT molecular complexity index is 477. The van der Waals surface area contributed by atoms with Crippen LogP contribution in [0.25, 0.3) is 0 Å². The average Bonchev–Trinajstić information content (AvgIpc) is 2.84. The molecule has 106 valence electrons. The molecule has 0 unspecified atom stereocenters. The van der Waals surface area contributed by atoms with Gasteiger partial charge in [-0.1, -0.05) is 0 Å². The van der Waals surface area contributed by atoms with Gasteiger partial charge in [0.2, 0.25) is 0 Å². The zero-order valence-electron chi connectivity index (χ0n) is 10.2. The van der Waals surface area contributed by atoms with Gasteiger partial charge in [0.15, 0.2) is 23.7 Å². The summed E-state index contributed by atoms with van der Waals surface area (Å²) in [6.07, 6.45) is -0.855. The molecule has 4 atom stereocenters. The zero-order valence-corrected chi connectivity index (χ0v) is 10.2. The van der Waals surface area contributed by atoms with Crippen LogP contribution in [0, 0.1) is 5.41 Å². The minimum absolute atomic E-state index is 0.258. The summed E-state index contributed by atoms with van der Waals surface area (Å²) < 4.78 is 21.0. The number of imidazole rings is 1. The van der Waals surface area contributed by atoms with Crippen molar-refractivity contribution in [2.24, 2.45) is 5.73 Å². The van der Waals surface area contributed by atoms with E-state index >= 15 is 0 Å². The fourth-order valence-electron chi connectivity index (χ4n) is 2.05. The van der Waals surface area contributed by atoms with Gasteiger partial charge in [0, 0.05) is 0 Å². The van der Waals surface area contributed by atoms with Crippen LogP contribution >= 0.6 is 0 Å².